The highest BCUT2D eigenvalue weighted by Gasteiger charge is 2.18. The summed E-state index contributed by atoms with van der Waals surface area (Å²) in [5.41, 5.74) is 0.833. The van der Waals surface area contributed by atoms with Crippen LogP contribution in [0, 0.1) is 11.3 Å². The van der Waals surface area contributed by atoms with Crippen LogP contribution >= 0.6 is 11.3 Å². The minimum absolute atomic E-state index is 0.202. The molecule has 0 aromatic carbocycles. The van der Waals surface area contributed by atoms with Crippen LogP contribution in [-0.2, 0) is 22.6 Å². The van der Waals surface area contributed by atoms with Crippen LogP contribution in [0.15, 0.2) is 11.8 Å². The molecule has 2 heterocycles. The number of carbonyl (C=O) groups excluding carboxylic acids is 1. The molecule has 0 spiro atoms. The molecule has 0 fully saturated rings. The number of nitriles is 1. The van der Waals surface area contributed by atoms with Crippen molar-refractivity contribution in [2.75, 3.05) is 25.5 Å². The van der Waals surface area contributed by atoms with Crippen LogP contribution in [0.1, 0.15) is 10.6 Å². The van der Waals surface area contributed by atoms with Gasteiger partial charge < -0.3 is 20.6 Å². The monoisotopic (exact) mass is 321 g/mol. The molecule has 1 aromatic rings. The van der Waals surface area contributed by atoms with Crippen LogP contribution < -0.4 is 10.6 Å². The third-order valence-corrected chi connectivity index (χ3v) is 4.04. The highest BCUT2D eigenvalue weighted by molar-refractivity contribution is 7.15. The van der Waals surface area contributed by atoms with E-state index in [4.69, 9.17) is 10.4 Å². The number of rotatable bonds is 5. The fourth-order valence-corrected chi connectivity index (χ4v) is 2.98. The topological polar surface area (TPSA) is 118 Å². The van der Waals surface area contributed by atoms with Gasteiger partial charge in [0.2, 0.25) is 0 Å². The first-order valence-corrected chi connectivity index (χ1v) is 7.35. The van der Waals surface area contributed by atoms with E-state index in [9.17, 15) is 9.59 Å². The molecule has 116 valence electrons. The number of aliphatic carboxylic acids is 1. The lowest BCUT2D eigenvalue weighted by Gasteiger charge is -2.20. The van der Waals surface area contributed by atoms with E-state index >= 15 is 0 Å². The average Bonchev–Trinajstić information content (AvgIpc) is 2.87. The Hall–Kier alpha value is -2.44. The van der Waals surface area contributed by atoms with Gasteiger partial charge in [-0.2, -0.15) is 5.26 Å². The molecule has 0 saturated heterocycles. The summed E-state index contributed by atoms with van der Waals surface area (Å²) in [6.07, 6.45) is 2.11. The van der Waals surface area contributed by atoms with Crippen molar-refractivity contribution >= 4 is 28.3 Å². The zero-order valence-corrected chi connectivity index (χ0v) is 12.7. The molecule has 1 aliphatic heterocycles. The summed E-state index contributed by atoms with van der Waals surface area (Å²) in [6.45, 7) is 1.26. The number of hydrogen-bond acceptors (Lipinski definition) is 7. The van der Waals surface area contributed by atoms with E-state index in [1.54, 1.807) is 6.07 Å². The Bertz CT molecular complexity index is 661. The van der Waals surface area contributed by atoms with E-state index in [1.165, 1.54) is 22.4 Å². The van der Waals surface area contributed by atoms with Crippen molar-refractivity contribution in [2.24, 2.45) is 0 Å². The molecule has 3 N–H and O–H groups in total. The van der Waals surface area contributed by atoms with Gasteiger partial charge in [-0.1, -0.05) is 0 Å². The lowest BCUT2D eigenvalue weighted by Crippen LogP contribution is -2.30. The Morgan fingerprint density at radius 3 is 3.05 bits per heavy atom. The second-order valence-corrected chi connectivity index (χ2v) is 5.85. The minimum Gasteiger partial charge on any atom is -0.480 e. The molecule has 0 unspecified atom stereocenters. The highest BCUT2D eigenvalue weighted by Crippen LogP contribution is 2.27. The maximum absolute atomic E-state index is 11.6. The van der Waals surface area contributed by atoms with E-state index in [1.807, 2.05) is 7.05 Å². The molecule has 0 radical (unpaired) electrons. The lowest BCUT2D eigenvalue weighted by atomic mass is 10.2. The normalized spacial score (nSPS) is 14.8. The lowest BCUT2D eigenvalue weighted by molar-refractivity contribution is -0.137. The van der Waals surface area contributed by atoms with Gasteiger partial charge in [-0.3, -0.25) is 9.59 Å². The fraction of sp³-hybridized carbons (Fsp3) is 0.385. The van der Waals surface area contributed by atoms with Crippen LogP contribution in [0.5, 0.6) is 0 Å². The summed E-state index contributed by atoms with van der Waals surface area (Å²) in [5.74, 6) is -1.91. The predicted octanol–water partition coefficient (Wildman–Crippen LogP) is 0.151. The van der Waals surface area contributed by atoms with Crippen molar-refractivity contribution in [3.63, 3.8) is 0 Å². The van der Waals surface area contributed by atoms with Crippen LogP contribution in [-0.4, -0.2) is 47.0 Å². The third kappa shape index (κ3) is 4.03. The molecule has 2 rings (SSSR count). The molecule has 9 heteroatoms. The van der Waals surface area contributed by atoms with Gasteiger partial charge in [0.25, 0.3) is 5.91 Å². The number of amides is 1. The average molecular weight is 321 g/mol. The molecule has 0 atom stereocenters. The summed E-state index contributed by atoms with van der Waals surface area (Å²) in [7, 11) is 2.04. The number of carbonyl (C=O) groups is 2. The number of anilines is 1. The minimum atomic E-state index is -1.17. The summed E-state index contributed by atoms with van der Waals surface area (Å²) in [4.78, 5) is 29.8. The van der Waals surface area contributed by atoms with Crippen molar-refractivity contribution in [1.29, 1.82) is 5.26 Å². The van der Waals surface area contributed by atoms with Crippen molar-refractivity contribution < 1.29 is 14.7 Å². The van der Waals surface area contributed by atoms with Gasteiger partial charge >= 0.3 is 5.97 Å². The van der Waals surface area contributed by atoms with Crippen molar-refractivity contribution in [1.82, 2.24) is 15.2 Å². The quantitative estimate of drug-likeness (QED) is 0.522. The molecule has 1 aromatic heterocycles. The number of thiazole rings is 1. The number of hydrogen-bond donors (Lipinski definition) is 3. The van der Waals surface area contributed by atoms with Crippen molar-refractivity contribution in [3.05, 3.63) is 22.3 Å². The Balaban J connectivity index is 2.02. The van der Waals surface area contributed by atoms with Gasteiger partial charge in [0, 0.05) is 30.6 Å². The number of nitrogens with one attached hydrogen (secondary N) is 2. The van der Waals surface area contributed by atoms with Gasteiger partial charge in [-0.25, -0.2) is 4.98 Å². The van der Waals surface area contributed by atoms with E-state index < -0.39 is 18.4 Å². The first-order valence-electron chi connectivity index (χ1n) is 6.53. The first-order chi connectivity index (χ1) is 10.5. The summed E-state index contributed by atoms with van der Waals surface area (Å²) >= 11 is 1.48. The Kier molecular flexibility index (Phi) is 5.08. The first kappa shape index (κ1) is 15.9. The number of nitrogens with zero attached hydrogens (tertiary/aromatic N) is 3. The summed E-state index contributed by atoms with van der Waals surface area (Å²) in [5, 5.41) is 23.0. The van der Waals surface area contributed by atoms with E-state index in [0.717, 1.165) is 25.2 Å². The second kappa shape index (κ2) is 7.02. The summed E-state index contributed by atoms with van der Waals surface area (Å²) < 4.78 is 0. The molecular weight excluding hydrogens is 306 g/mol. The SMILES string of the molecule is CN1CCc2nc(N/C=C(/C#N)C(=O)NCC(=O)O)sc2C1. The number of carboxylic acids is 1. The largest absolute Gasteiger partial charge is 0.480 e. The van der Waals surface area contributed by atoms with Gasteiger partial charge in [0.05, 0.1) is 5.69 Å². The Labute approximate surface area is 131 Å². The maximum atomic E-state index is 11.6. The smallest absolute Gasteiger partial charge is 0.322 e. The molecule has 22 heavy (non-hydrogen) atoms. The predicted molar refractivity (Wildman–Crippen MR) is 80.1 cm³/mol. The Morgan fingerprint density at radius 1 is 1.59 bits per heavy atom. The van der Waals surface area contributed by atoms with Crippen LogP contribution in [0.2, 0.25) is 0 Å². The van der Waals surface area contributed by atoms with Crippen molar-refractivity contribution in [2.45, 2.75) is 13.0 Å². The maximum Gasteiger partial charge on any atom is 0.322 e. The van der Waals surface area contributed by atoms with Gasteiger partial charge in [-0.05, 0) is 7.05 Å². The molecule has 1 amide bonds. The summed E-state index contributed by atoms with van der Waals surface area (Å²) in [6, 6.07) is 1.73. The van der Waals surface area contributed by atoms with E-state index in [0.29, 0.717) is 5.13 Å². The Morgan fingerprint density at radius 2 is 2.36 bits per heavy atom. The highest BCUT2D eigenvalue weighted by atomic mass is 32.1. The second-order valence-electron chi connectivity index (χ2n) is 4.77. The third-order valence-electron chi connectivity index (χ3n) is 3.03. The van der Waals surface area contributed by atoms with Crippen LogP contribution in [0.4, 0.5) is 5.13 Å². The van der Waals surface area contributed by atoms with Gasteiger partial charge in [-0.15, -0.1) is 11.3 Å². The number of carboxylic acid groups (broad SMARTS) is 1. The van der Waals surface area contributed by atoms with Gasteiger partial charge in [0.15, 0.2) is 5.13 Å². The molecule has 1 aliphatic rings. The fourth-order valence-electron chi connectivity index (χ4n) is 1.92. The van der Waals surface area contributed by atoms with E-state index in [-0.39, 0.29) is 5.57 Å². The zero-order chi connectivity index (χ0) is 16.1. The standard InChI is InChI=1S/C13H15N5O3S/c1-18-3-2-9-10(7-18)22-13(17-9)16-5-8(4-14)12(21)15-6-11(19)20/h5H,2-3,6-7H2,1H3,(H,15,21)(H,16,17)(H,19,20)/b8-5-. The van der Waals surface area contributed by atoms with E-state index in [2.05, 4.69) is 20.5 Å². The molecular formula is C13H15N5O3S. The van der Waals surface area contributed by atoms with Crippen LogP contribution in [0.25, 0.3) is 0 Å². The number of likely N-dealkylation sites (N-methyl/N-ethyl adjacent to an activating group) is 1. The molecule has 0 bridgehead atoms. The number of fused-ring (bicyclic) bond motifs is 1. The van der Waals surface area contributed by atoms with Crippen molar-refractivity contribution in [3.8, 4) is 6.07 Å². The zero-order valence-electron chi connectivity index (χ0n) is 11.9. The molecule has 0 saturated carbocycles. The molecule has 8 nitrogen and oxygen atoms in total. The van der Waals surface area contributed by atoms with Gasteiger partial charge in [0.1, 0.15) is 18.2 Å². The number of aromatic nitrogens is 1. The molecule has 0 aliphatic carbocycles. The van der Waals surface area contributed by atoms with Crippen LogP contribution in [0.3, 0.4) is 0 Å².